The van der Waals surface area contributed by atoms with Gasteiger partial charge in [0.25, 0.3) is 5.56 Å². The van der Waals surface area contributed by atoms with Crippen LogP contribution < -0.4 is 5.56 Å². The number of rotatable bonds is 5. The van der Waals surface area contributed by atoms with Crippen molar-refractivity contribution in [2.75, 3.05) is 13.1 Å². The quantitative estimate of drug-likeness (QED) is 0.725. The number of amides is 1. The highest BCUT2D eigenvalue weighted by Gasteiger charge is 2.34. The number of hydrogen-bond acceptors (Lipinski definition) is 4. The molecule has 0 radical (unpaired) electrons. The van der Waals surface area contributed by atoms with E-state index in [0.717, 1.165) is 12.0 Å². The second-order valence-electron chi connectivity index (χ2n) is 7.79. The van der Waals surface area contributed by atoms with Crippen LogP contribution in [0.5, 0.6) is 0 Å². The molecule has 1 saturated heterocycles. The van der Waals surface area contributed by atoms with E-state index in [9.17, 15) is 14.7 Å². The highest BCUT2D eigenvalue weighted by atomic mass is 16.3. The predicted octanol–water partition coefficient (Wildman–Crippen LogP) is 2.38. The van der Waals surface area contributed by atoms with Crippen LogP contribution in [0.4, 0.5) is 0 Å². The molecule has 0 bridgehead atoms. The summed E-state index contributed by atoms with van der Waals surface area (Å²) < 4.78 is 1.48. The molecule has 0 atom stereocenters. The highest BCUT2D eigenvalue weighted by molar-refractivity contribution is 5.77. The molecule has 1 fully saturated rings. The molecule has 2 heterocycles. The van der Waals surface area contributed by atoms with Gasteiger partial charge in [0.15, 0.2) is 0 Å². The molecule has 6 heteroatoms. The Balaban J connectivity index is 1.36. The Morgan fingerprint density at radius 3 is 2.48 bits per heavy atom. The average molecular weight is 391 g/mol. The van der Waals surface area contributed by atoms with Crippen LogP contribution >= 0.6 is 0 Å². The van der Waals surface area contributed by atoms with Crippen molar-refractivity contribution in [2.45, 2.75) is 37.8 Å². The number of benzene rings is 2. The predicted molar refractivity (Wildman–Crippen MR) is 112 cm³/mol. The summed E-state index contributed by atoms with van der Waals surface area (Å²) in [6.45, 7) is 1.19. The molecule has 0 spiro atoms. The molecule has 0 saturated carbocycles. The van der Waals surface area contributed by atoms with Gasteiger partial charge in [0, 0.05) is 19.5 Å². The van der Waals surface area contributed by atoms with E-state index in [4.69, 9.17) is 0 Å². The number of carbonyl (C=O) groups excluding carboxylic acids is 1. The molecular formula is C23H25N3O3. The summed E-state index contributed by atoms with van der Waals surface area (Å²) in [6, 6.07) is 17.2. The third kappa shape index (κ3) is 4.38. The molecule has 1 amide bonds. The van der Waals surface area contributed by atoms with Crippen LogP contribution in [0, 0.1) is 0 Å². The number of para-hydroxylation sites is 1. The fourth-order valence-corrected chi connectivity index (χ4v) is 3.92. The van der Waals surface area contributed by atoms with Gasteiger partial charge in [0.2, 0.25) is 5.91 Å². The zero-order valence-corrected chi connectivity index (χ0v) is 16.3. The summed E-state index contributed by atoms with van der Waals surface area (Å²) in [5.41, 5.74) is 0.645. The third-order valence-electron chi connectivity index (χ3n) is 5.71. The summed E-state index contributed by atoms with van der Waals surface area (Å²) in [6.07, 6.45) is 3.59. The Bertz CT molecular complexity index is 1050. The summed E-state index contributed by atoms with van der Waals surface area (Å²) in [7, 11) is 0. The molecule has 6 nitrogen and oxygen atoms in total. The normalized spacial score (nSPS) is 16.1. The fourth-order valence-electron chi connectivity index (χ4n) is 3.92. The second-order valence-corrected chi connectivity index (χ2v) is 7.79. The molecule has 1 N–H and O–H groups in total. The smallest absolute Gasteiger partial charge is 0.261 e. The van der Waals surface area contributed by atoms with E-state index in [-0.39, 0.29) is 18.0 Å². The number of hydrogen-bond donors (Lipinski definition) is 1. The molecule has 0 aliphatic carbocycles. The number of nitrogens with zero attached hydrogens (tertiary/aromatic N) is 3. The van der Waals surface area contributed by atoms with E-state index in [1.54, 1.807) is 12.1 Å². The topological polar surface area (TPSA) is 75.4 Å². The first-order valence-corrected chi connectivity index (χ1v) is 10.0. The van der Waals surface area contributed by atoms with Crippen molar-refractivity contribution < 1.29 is 9.90 Å². The molecule has 2 aromatic carbocycles. The minimum Gasteiger partial charge on any atom is -0.388 e. The largest absolute Gasteiger partial charge is 0.388 e. The molecule has 1 aliphatic heterocycles. The number of aryl methyl sites for hydroxylation is 1. The first kappa shape index (κ1) is 19.3. The molecule has 29 heavy (non-hydrogen) atoms. The lowest BCUT2D eigenvalue weighted by atomic mass is 9.91. The summed E-state index contributed by atoms with van der Waals surface area (Å²) >= 11 is 0. The minimum atomic E-state index is -1.01. The van der Waals surface area contributed by atoms with Crippen molar-refractivity contribution >= 4 is 16.8 Å². The maximum absolute atomic E-state index is 12.7. The van der Waals surface area contributed by atoms with Crippen LogP contribution in [0.3, 0.4) is 0 Å². The Labute approximate surface area is 169 Å². The van der Waals surface area contributed by atoms with Crippen molar-refractivity contribution in [3.8, 4) is 0 Å². The second kappa shape index (κ2) is 8.17. The molecule has 0 unspecified atom stereocenters. The lowest BCUT2D eigenvalue weighted by Gasteiger charge is -2.38. The Hall–Kier alpha value is -2.99. The summed E-state index contributed by atoms with van der Waals surface area (Å²) in [4.78, 5) is 31.3. The van der Waals surface area contributed by atoms with Gasteiger partial charge < -0.3 is 10.0 Å². The van der Waals surface area contributed by atoms with Gasteiger partial charge in [-0.3, -0.25) is 14.2 Å². The highest BCUT2D eigenvalue weighted by Crippen LogP contribution is 2.24. The van der Waals surface area contributed by atoms with Crippen LogP contribution in [-0.2, 0) is 17.8 Å². The van der Waals surface area contributed by atoms with Gasteiger partial charge in [-0.2, -0.15) is 0 Å². The monoisotopic (exact) mass is 391 g/mol. The first-order chi connectivity index (χ1) is 14.0. The van der Waals surface area contributed by atoms with Gasteiger partial charge in [0.05, 0.1) is 29.4 Å². The SMILES string of the molecule is O=C(CCc1ccccc1)N1CCC(O)(Cn2cnc3ccccc3c2=O)CC1. The fraction of sp³-hybridized carbons (Fsp3) is 0.348. The van der Waals surface area contributed by atoms with Crippen molar-refractivity contribution in [1.29, 1.82) is 0 Å². The average Bonchev–Trinajstić information content (AvgIpc) is 2.75. The number of carbonyl (C=O) groups is 1. The molecular weight excluding hydrogens is 366 g/mol. The van der Waals surface area contributed by atoms with Gasteiger partial charge >= 0.3 is 0 Å². The molecule has 1 aliphatic rings. The van der Waals surface area contributed by atoms with Gasteiger partial charge in [-0.05, 0) is 37.0 Å². The molecule has 4 rings (SSSR count). The van der Waals surface area contributed by atoms with E-state index in [0.29, 0.717) is 43.3 Å². The number of aromatic nitrogens is 2. The van der Waals surface area contributed by atoms with Gasteiger partial charge in [0.1, 0.15) is 0 Å². The summed E-state index contributed by atoms with van der Waals surface area (Å²) in [5.74, 6) is 0.112. The molecule has 1 aromatic heterocycles. The Kier molecular flexibility index (Phi) is 5.45. The minimum absolute atomic E-state index is 0.112. The maximum atomic E-state index is 12.7. The zero-order chi connectivity index (χ0) is 20.3. The Morgan fingerprint density at radius 1 is 1.03 bits per heavy atom. The van der Waals surface area contributed by atoms with Crippen LogP contribution in [0.1, 0.15) is 24.8 Å². The van der Waals surface area contributed by atoms with E-state index in [2.05, 4.69) is 4.98 Å². The third-order valence-corrected chi connectivity index (χ3v) is 5.71. The number of fused-ring (bicyclic) bond motifs is 1. The van der Waals surface area contributed by atoms with Gasteiger partial charge in [-0.1, -0.05) is 42.5 Å². The van der Waals surface area contributed by atoms with Crippen LogP contribution in [0.2, 0.25) is 0 Å². The van der Waals surface area contributed by atoms with Crippen molar-refractivity contribution in [2.24, 2.45) is 0 Å². The zero-order valence-electron chi connectivity index (χ0n) is 16.3. The van der Waals surface area contributed by atoms with Crippen molar-refractivity contribution in [3.05, 3.63) is 76.8 Å². The molecule has 3 aromatic rings. The van der Waals surface area contributed by atoms with Gasteiger partial charge in [-0.25, -0.2) is 4.98 Å². The lowest BCUT2D eigenvalue weighted by molar-refractivity contribution is -0.135. The summed E-state index contributed by atoms with van der Waals surface area (Å²) in [5, 5.41) is 11.6. The van der Waals surface area contributed by atoms with Crippen LogP contribution in [-0.4, -0.2) is 44.2 Å². The number of piperidine rings is 1. The lowest BCUT2D eigenvalue weighted by Crippen LogP contribution is -2.49. The first-order valence-electron chi connectivity index (χ1n) is 10.0. The van der Waals surface area contributed by atoms with Crippen molar-refractivity contribution in [3.63, 3.8) is 0 Å². The maximum Gasteiger partial charge on any atom is 0.261 e. The van der Waals surface area contributed by atoms with E-state index >= 15 is 0 Å². The van der Waals surface area contributed by atoms with E-state index in [1.807, 2.05) is 47.4 Å². The van der Waals surface area contributed by atoms with Gasteiger partial charge in [-0.15, -0.1) is 0 Å². The van der Waals surface area contributed by atoms with Crippen LogP contribution in [0.15, 0.2) is 65.7 Å². The standard InChI is InChI=1S/C23H25N3O3/c27-21(11-10-18-6-2-1-3-7-18)25-14-12-23(29,13-15-25)16-26-17-24-20-9-5-4-8-19(20)22(26)28/h1-9,17,29H,10-16H2. The van der Waals surface area contributed by atoms with E-state index in [1.165, 1.54) is 10.9 Å². The number of likely N-dealkylation sites (tertiary alicyclic amines) is 1. The number of aliphatic hydroxyl groups is 1. The Morgan fingerprint density at radius 2 is 1.72 bits per heavy atom. The van der Waals surface area contributed by atoms with E-state index < -0.39 is 5.60 Å². The molecule has 150 valence electrons. The van der Waals surface area contributed by atoms with Crippen molar-refractivity contribution in [1.82, 2.24) is 14.5 Å². The van der Waals surface area contributed by atoms with Crippen LogP contribution in [0.25, 0.3) is 10.9 Å².